The largest absolute Gasteiger partial charge is 0.331 e. The monoisotopic (exact) mass is 306 g/mol. The summed E-state index contributed by atoms with van der Waals surface area (Å²) in [6.07, 6.45) is 0. The Morgan fingerprint density at radius 3 is 2.73 bits per heavy atom. The molecule has 0 fully saturated rings. The van der Waals surface area contributed by atoms with Crippen molar-refractivity contribution >= 4 is 56.5 Å². The van der Waals surface area contributed by atoms with Crippen molar-refractivity contribution in [2.24, 2.45) is 0 Å². The number of amides is 1. The van der Waals surface area contributed by atoms with E-state index in [0.29, 0.717) is 10.7 Å². The van der Waals surface area contributed by atoms with E-state index in [1.807, 2.05) is 6.07 Å². The summed E-state index contributed by atoms with van der Waals surface area (Å²) in [5.41, 5.74) is 0.651. The number of thiocarbonyl (C=S) groups is 1. The van der Waals surface area contributed by atoms with Crippen LogP contribution >= 0.6 is 39.7 Å². The van der Waals surface area contributed by atoms with Crippen LogP contribution in [0.4, 0.5) is 5.69 Å². The highest BCUT2D eigenvalue weighted by atomic mass is 79.9. The molecule has 0 unspecified atom stereocenters. The molecule has 1 amide bonds. The maximum absolute atomic E-state index is 10.7. The zero-order valence-electron chi connectivity index (χ0n) is 7.80. The van der Waals surface area contributed by atoms with E-state index in [9.17, 15) is 4.79 Å². The van der Waals surface area contributed by atoms with Crippen LogP contribution in [0.5, 0.6) is 0 Å². The highest BCUT2D eigenvalue weighted by Crippen LogP contribution is 2.25. The van der Waals surface area contributed by atoms with E-state index in [-0.39, 0.29) is 11.0 Å². The minimum Gasteiger partial charge on any atom is -0.331 e. The van der Waals surface area contributed by atoms with Gasteiger partial charge in [0, 0.05) is 11.4 Å². The van der Waals surface area contributed by atoms with Crippen molar-refractivity contribution in [3.8, 4) is 0 Å². The van der Waals surface area contributed by atoms with Crippen molar-refractivity contribution in [1.82, 2.24) is 5.32 Å². The smallest absolute Gasteiger partial charge is 0.222 e. The first-order valence-electron chi connectivity index (χ1n) is 4.02. The molecule has 1 aromatic carbocycles. The quantitative estimate of drug-likeness (QED) is 0.784. The van der Waals surface area contributed by atoms with E-state index in [0.717, 1.165) is 4.47 Å². The van der Waals surface area contributed by atoms with Gasteiger partial charge in [-0.2, -0.15) is 0 Å². The molecule has 80 valence electrons. The molecule has 0 atom stereocenters. The van der Waals surface area contributed by atoms with Gasteiger partial charge >= 0.3 is 0 Å². The van der Waals surface area contributed by atoms with E-state index < -0.39 is 0 Å². The summed E-state index contributed by atoms with van der Waals surface area (Å²) < 4.78 is 0.878. The highest BCUT2D eigenvalue weighted by molar-refractivity contribution is 9.10. The topological polar surface area (TPSA) is 41.1 Å². The first-order chi connectivity index (χ1) is 6.99. The van der Waals surface area contributed by atoms with Gasteiger partial charge in [-0.05, 0) is 30.4 Å². The summed E-state index contributed by atoms with van der Waals surface area (Å²) in [5.74, 6) is -0.222. The molecule has 1 rings (SSSR count). The van der Waals surface area contributed by atoms with Gasteiger partial charge in [-0.1, -0.05) is 27.5 Å². The predicted octanol–water partition coefficient (Wildman–Crippen LogP) is 2.94. The van der Waals surface area contributed by atoms with Crippen molar-refractivity contribution in [2.75, 3.05) is 5.32 Å². The SMILES string of the molecule is CC(=O)NC(=S)Nc1ccc(Br)cc1Cl. The minimum atomic E-state index is -0.222. The molecule has 2 N–H and O–H groups in total. The molecule has 0 bridgehead atoms. The van der Waals surface area contributed by atoms with E-state index in [2.05, 4.69) is 26.6 Å². The molecule has 0 saturated carbocycles. The van der Waals surface area contributed by atoms with Crippen LogP contribution in [0.3, 0.4) is 0 Å². The molecule has 3 nitrogen and oxygen atoms in total. The zero-order valence-corrected chi connectivity index (χ0v) is 11.0. The Hall–Kier alpha value is -0.650. The van der Waals surface area contributed by atoms with Crippen LogP contribution in [0.1, 0.15) is 6.92 Å². The Bertz CT molecular complexity index is 411. The molecular formula is C9H8BrClN2OS. The number of carbonyl (C=O) groups is 1. The Labute approximate surface area is 106 Å². The maximum atomic E-state index is 10.7. The third-order valence-electron chi connectivity index (χ3n) is 1.47. The fourth-order valence-electron chi connectivity index (χ4n) is 0.904. The lowest BCUT2D eigenvalue weighted by Gasteiger charge is -2.09. The molecule has 0 aliphatic rings. The number of carbonyl (C=O) groups excluding carboxylic acids is 1. The van der Waals surface area contributed by atoms with Gasteiger partial charge in [-0.3, -0.25) is 4.79 Å². The molecular weight excluding hydrogens is 300 g/mol. The van der Waals surface area contributed by atoms with Gasteiger partial charge in [-0.15, -0.1) is 0 Å². The molecule has 1 aromatic rings. The fraction of sp³-hybridized carbons (Fsp3) is 0.111. The molecule has 0 saturated heterocycles. The summed E-state index contributed by atoms with van der Waals surface area (Å²) >= 11 is 14.1. The second-order valence-electron chi connectivity index (χ2n) is 2.76. The van der Waals surface area contributed by atoms with Crippen molar-refractivity contribution in [2.45, 2.75) is 6.92 Å². The maximum Gasteiger partial charge on any atom is 0.222 e. The molecule has 0 aliphatic carbocycles. The number of halogens is 2. The van der Waals surface area contributed by atoms with E-state index in [4.69, 9.17) is 23.8 Å². The lowest BCUT2D eigenvalue weighted by molar-refractivity contribution is -0.117. The molecule has 6 heteroatoms. The fourth-order valence-corrected chi connectivity index (χ4v) is 1.88. The number of anilines is 1. The number of hydrogen-bond donors (Lipinski definition) is 2. The van der Waals surface area contributed by atoms with Crippen LogP contribution in [0.25, 0.3) is 0 Å². The van der Waals surface area contributed by atoms with Crippen LogP contribution in [0.15, 0.2) is 22.7 Å². The summed E-state index contributed by atoms with van der Waals surface area (Å²) in [4.78, 5) is 10.7. The minimum absolute atomic E-state index is 0.222. The van der Waals surface area contributed by atoms with Crippen molar-refractivity contribution in [3.05, 3.63) is 27.7 Å². The summed E-state index contributed by atoms with van der Waals surface area (Å²) in [6, 6.07) is 5.32. The summed E-state index contributed by atoms with van der Waals surface area (Å²) in [5, 5.41) is 6.01. The predicted molar refractivity (Wildman–Crippen MR) is 69.2 cm³/mol. The van der Waals surface area contributed by atoms with Gasteiger partial charge in [0.1, 0.15) is 0 Å². The van der Waals surface area contributed by atoms with E-state index in [1.165, 1.54) is 6.92 Å². The van der Waals surface area contributed by atoms with Gasteiger partial charge in [-0.25, -0.2) is 0 Å². The zero-order chi connectivity index (χ0) is 11.4. The van der Waals surface area contributed by atoms with E-state index in [1.54, 1.807) is 12.1 Å². The molecule has 0 aliphatic heterocycles. The third kappa shape index (κ3) is 4.15. The second-order valence-corrected chi connectivity index (χ2v) is 4.49. The van der Waals surface area contributed by atoms with Gasteiger partial charge in [0.25, 0.3) is 0 Å². The Morgan fingerprint density at radius 1 is 1.53 bits per heavy atom. The first-order valence-corrected chi connectivity index (χ1v) is 5.60. The van der Waals surface area contributed by atoms with Crippen LogP contribution in [-0.2, 0) is 4.79 Å². The van der Waals surface area contributed by atoms with Crippen LogP contribution < -0.4 is 10.6 Å². The van der Waals surface area contributed by atoms with Gasteiger partial charge in [0.15, 0.2) is 5.11 Å². The Morgan fingerprint density at radius 2 is 2.20 bits per heavy atom. The lowest BCUT2D eigenvalue weighted by atomic mass is 10.3. The molecule has 0 heterocycles. The van der Waals surface area contributed by atoms with Gasteiger partial charge < -0.3 is 10.6 Å². The van der Waals surface area contributed by atoms with Crippen molar-refractivity contribution in [3.63, 3.8) is 0 Å². The molecule has 15 heavy (non-hydrogen) atoms. The van der Waals surface area contributed by atoms with Gasteiger partial charge in [0.05, 0.1) is 10.7 Å². The van der Waals surface area contributed by atoms with Crippen LogP contribution in [-0.4, -0.2) is 11.0 Å². The van der Waals surface area contributed by atoms with Crippen molar-refractivity contribution in [1.29, 1.82) is 0 Å². The summed E-state index contributed by atoms with van der Waals surface area (Å²) in [6.45, 7) is 1.39. The summed E-state index contributed by atoms with van der Waals surface area (Å²) in [7, 11) is 0. The first kappa shape index (κ1) is 12.4. The average Bonchev–Trinajstić information content (AvgIpc) is 2.08. The van der Waals surface area contributed by atoms with Crippen LogP contribution in [0, 0.1) is 0 Å². The van der Waals surface area contributed by atoms with Gasteiger partial charge in [0.2, 0.25) is 5.91 Å². The Kier molecular flexibility index (Phi) is 4.50. The van der Waals surface area contributed by atoms with E-state index >= 15 is 0 Å². The second kappa shape index (κ2) is 5.44. The normalized spacial score (nSPS) is 9.53. The number of nitrogens with one attached hydrogen (secondary N) is 2. The Balaban J connectivity index is 2.72. The third-order valence-corrected chi connectivity index (χ3v) is 2.48. The number of rotatable bonds is 1. The molecule has 0 radical (unpaired) electrons. The number of hydrogen-bond acceptors (Lipinski definition) is 2. The van der Waals surface area contributed by atoms with Crippen molar-refractivity contribution < 1.29 is 4.79 Å². The molecule has 0 aromatic heterocycles. The highest BCUT2D eigenvalue weighted by Gasteiger charge is 2.03. The number of benzene rings is 1. The standard InChI is InChI=1S/C9H8BrClN2OS/c1-5(14)12-9(15)13-8-3-2-6(10)4-7(8)11/h2-4H,1H3,(H2,12,13,14,15). The molecule has 0 spiro atoms. The lowest BCUT2D eigenvalue weighted by Crippen LogP contribution is -2.32. The van der Waals surface area contributed by atoms with Crippen LogP contribution in [0.2, 0.25) is 5.02 Å². The average molecular weight is 308 g/mol.